The van der Waals surface area contributed by atoms with E-state index >= 15 is 0 Å². The van der Waals surface area contributed by atoms with Crippen LogP contribution in [-0.2, 0) is 6.42 Å². The summed E-state index contributed by atoms with van der Waals surface area (Å²) >= 11 is 0. The molecule has 0 amide bonds. The quantitative estimate of drug-likeness (QED) is 0.483. The van der Waals surface area contributed by atoms with Gasteiger partial charge in [0.1, 0.15) is 11.6 Å². The molecule has 31 heavy (non-hydrogen) atoms. The first kappa shape index (κ1) is 22.2. The number of nitrogens with one attached hydrogen (secondary N) is 1. The van der Waals surface area contributed by atoms with Crippen molar-refractivity contribution >= 4 is 5.83 Å². The Morgan fingerprint density at radius 2 is 1.94 bits per heavy atom. The van der Waals surface area contributed by atoms with Crippen molar-refractivity contribution in [1.29, 1.82) is 0 Å². The van der Waals surface area contributed by atoms with Gasteiger partial charge in [0.25, 0.3) is 0 Å². The maximum atomic E-state index is 14.7. The van der Waals surface area contributed by atoms with E-state index in [4.69, 9.17) is 5.73 Å². The number of halogens is 2. The second-order valence-electron chi connectivity index (χ2n) is 7.77. The lowest BCUT2D eigenvalue weighted by Gasteiger charge is -2.12. The van der Waals surface area contributed by atoms with Crippen LogP contribution in [0.3, 0.4) is 0 Å². The van der Waals surface area contributed by atoms with Crippen LogP contribution in [0.25, 0.3) is 17.0 Å². The molecule has 0 saturated heterocycles. The maximum absolute atomic E-state index is 14.7. The third kappa shape index (κ3) is 5.79. The van der Waals surface area contributed by atoms with Gasteiger partial charge in [-0.15, -0.1) is 0 Å². The monoisotopic (exact) mass is 419 g/mol. The van der Waals surface area contributed by atoms with E-state index in [0.717, 1.165) is 18.4 Å². The van der Waals surface area contributed by atoms with E-state index in [1.807, 2.05) is 12.2 Å². The van der Waals surface area contributed by atoms with Crippen LogP contribution in [-0.4, -0.2) is 4.98 Å². The highest BCUT2D eigenvalue weighted by Gasteiger charge is 2.23. The van der Waals surface area contributed by atoms with Gasteiger partial charge in [0, 0.05) is 40.8 Å². The van der Waals surface area contributed by atoms with Crippen LogP contribution in [0.15, 0.2) is 85.5 Å². The van der Waals surface area contributed by atoms with Crippen LogP contribution in [0, 0.1) is 18.7 Å². The van der Waals surface area contributed by atoms with E-state index in [1.165, 1.54) is 6.07 Å². The normalized spacial score (nSPS) is 14.0. The Morgan fingerprint density at radius 1 is 1.19 bits per heavy atom. The van der Waals surface area contributed by atoms with Crippen molar-refractivity contribution in [1.82, 2.24) is 10.3 Å². The van der Waals surface area contributed by atoms with Gasteiger partial charge in [0.2, 0.25) is 0 Å². The second kappa shape index (κ2) is 9.56. The third-order valence-electron chi connectivity index (χ3n) is 5.22. The highest BCUT2D eigenvalue weighted by molar-refractivity contribution is 5.69. The Hall–Kier alpha value is -3.47. The number of nitrogens with zero attached hydrogens (tertiary/aromatic N) is 1. The van der Waals surface area contributed by atoms with E-state index in [2.05, 4.69) is 30.0 Å². The van der Waals surface area contributed by atoms with Crippen molar-refractivity contribution in [2.24, 2.45) is 11.7 Å². The predicted octanol–water partition coefficient (Wildman–Crippen LogP) is 6.10. The Kier molecular flexibility index (Phi) is 6.85. The lowest BCUT2D eigenvalue weighted by Crippen LogP contribution is -2.12. The highest BCUT2D eigenvalue weighted by Crippen LogP contribution is 2.36. The topological polar surface area (TPSA) is 50.9 Å². The third-order valence-corrected chi connectivity index (χ3v) is 5.22. The molecule has 0 spiro atoms. The first-order valence-corrected chi connectivity index (χ1v) is 10.1. The van der Waals surface area contributed by atoms with E-state index in [9.17, 15) is 8.78 Å². The molecule has 1 aliphatic rings. The maximum Gasteiger partial charge on any atom is 0.127 e. The Bertz CT molecular complexity index is 1090. The van der Waals surface area contributed by atoms with Gasteiger partial charge < -0.3 is 11.1 Å². The van der Waals surface area contributed by atoms with Crippen LogP contribution in [0.1, 0.15) is 29.7 Å². The van der Waals surface area contributed by atoms with E-state index in [-0.39, 0.29) is 5.82 Å². The molecule has 3 N–H and O–H groups in total. The van der Waals surface area contributed by atoms with Crippen LogP contribution >= 0.6 is 0 Å². The molecular formula is C26H27F2N3. The van der Waals surface area contributed by atoms with Crippen molar-refractivity contribution in [2.45, 2.75) is 26.2 Å². The number of allylic oxidation sites excluding steroid dienone is 4. The van der Waals surface area contributed by atoms with Gasteiger partial charge in [-0.1, -0.05) is 37.9 Å². The molecule has 2 aromatic rings. The number of aromatic nitrogens is 1. The molecule has 3 nitrogen and oxygen atoms in total. The summed E-state index contributed by atoms with van der Waals surface area (Å²) in [4.78, 5) is 4.19. The SMILES string of the molecule is C=C(/C=C\C(=C/N)C1CC1)NC(=C)Cc1ccc(-c2cnc(C)c(C(=C)F)c2)cc1F. The van der Waals surface area contributed by atoms with Crippen molar-refractivity contribution in [3.8, 4) is 11.1 Å². The number of aryl methyl sites for hydroxylation is 1. The average Bonchev–Trinajstić information content (AvgIpc) is 3.55. The summed E-state index contributed by atoms with van der Waals surface area (Å²) in [7, 11) is 0. The van der Waals surface area contributed by atoms with Crippen molar-refractivity contribution < 1.29 is 8.78 Å². The minimum Gasteiger partial charge on any atom is -0.404 e. The predicted molar refractivity (Wildman–Crippen MR) is 124 cm³/mol. The Balaban J connectivity index is 1.65. The summed E-state index contributed by atoms with van der Waals surface area (Å²) in [5, 5.41) is 3.10. The first-order valence-electron chi connectivity index (χ1n) is 10.1. The fourth-order valence-electron chi connectivity index (χ4n) is 3.32. The molecule has 0 atom stereocenters. The van der Waals surface area contributed by atoms with Gasteiger partial charge in [-0.3, -0.25) is 4.98 Å². The first-order chi connectivity index (χ1) is 14.8. The zero-order valence-corrected chi connectivity index (χ0v) is 17.7. The molecule has 1 aromatic heterocycles. The lowest BCUT2D eigenvalue weighted by atomic mass is 10.0. The number of pyridine rings is 1. The number of rotatable bonds is 9. The van der Waals surface area contributed by atoms with E-state index < -0.39 is 5.83 Å². The van der Waals surface area contributed by atoms with Crippen LogP contribution < -0.4 is 11.1 Å². The summed E-state index contributed by atoms with van der Waals surface area (Å²) in [6.07, 6.45) is 9.66. The van der Waals surface area contributed by atoms with E-state index in [0.29, 0.717) is 51.7 Å². The fraction of sp³-hybridized carbons (Fsp3) is 0.192. The average molecular weight is 420 g/mol. The standard InChI is InChI=1S/C26H27F2N3/c1-16(5-6-23(14-29)20-7-8-20)31-17(2)11-22-10-9-21(13-26(22)28)24-12-25(18(3)27)19(4)30-15-24/h5-6,9-10,12-15,20,31H,1-3,7-8,11,29H2,4H3/b6-5-,23-14+. The molecule has 1 fully saturated rings. The largest absolute Gasteiger partial charge is 0.404 e. The minimum absolute atomic E-state index is 0.305. The highest BCUT2D eigenvalue weighted by atomic mass is 19.1. The van der Waals surface area contributed by atoms with Crippen molar-refractivity contribution in [3.63, 3.8) is 0 Å². The smallest absolute Gasteiger partial charge is 0.127 e. The molecule has 0 unspecified atom stereocenters. The fourth-order valence-corrected chi connectivity index (χ4v) is 3.32. The van der Waals surface area contributed by atoms with Gasteiger partial charge in [-0.25, -0.2) is 8.78 Å². The molecule has 1 heterocycles. The molecule has 0 bridgehead atoms. The molecule has 160 valence electrons. The summed E-state index contributed by atoms with van der Waals surface area (Å²) < 4.78 is 28.3. The van der Waals surface area contributed by atoms with Crippen LogP contribution in [0.4, 0.5) is 8.78 Å². The minimum atomic E-state index is -0.563. The van der Waals surface area contributed by atoms with Crippen LogP contribution in [0.2, 0.25) is 0 Å². The Morgan fingerprint density at radius 3 is 2.55 bits per heavy atom. The lowest BCUT2D eigenvalue weighted by molar-refractivity contribution is 0.612. The molecule has 1 saturated carbocycles. The summed E-state index contributed by atoms with van der Waals surface area (Å²) in [6, 6.07) is 6.53. The molecule has 0 radical (unpaired) electrons. The molecule has 5 heteroatoms. The van der Waals surface area contributed by atoms with Gasteiger partial charge in [-0.2, -0.15) is 0 Å². The number of nitrogens with two attached hydrogens (primary N) is 1. The second-order valence-corrected chi connectivity index (χ2v) is 7.77. The van der Waals surface area contributed by atoms with Crippen molar-refractivity contribution in [2.75, 3.05) is 0 Å². The zero-order chi connectivity index (χ0) is 22.5. The van der Waals surface area contributed by atoms with Gasteiger partial charge in [0.05, 0.1) is 0 Å². The molecule has 1 aromatic carbocycles. The molecule has 0 aliphatic heterocycles. The summed E-state index contributed by atoms with van der Waals surface area (Å²) in [6.45, 7) is 13.0. The van der Waals surface area contributed by atoms with Gasteiger partial charge in [0.15, 0.2) is 0 Å². The van der Waals surface area contributed by atoms with Gasteiger partial charge in [-0.05, 0) is 66.8 Å². The number of hydrogen-bond donors (Lipinski definition) is 2. The van der Waals surface area contributed by atoms with E-state index in [1.54, 1.807) is 37.5 Å². The van der Waals surface area contributed by atoms with Crippen LogP contribution in [0.5, 0.6) is 0 Å². The van der Waals surface area contributed by atoms with Crippen molar-refractivity contribution in [3.05, 3.63) is 108 Å². The molecule has 3 rings (SSSR count). The summed E-state index contributed by atoms with van der Waals surface area (Å²) in [5.74, 6) is -0.385. The molecule has 1 aliphatic carbocycles. The molecular weight excluding hydrogens is 392 g/mol. The summed E-state index contributed by atoms with van der Waals surface area (Å²) in [5.41, 5.74) is 10.6. The number of hydrogen-bond acceptors (Lipinski definition) is 3. The zero-order valence-electron chi connectivity index (χ0n) is 17.7. The van der Waals surface area contributed by atoms with Gasteiger partial charge >= 0.3 is 0 Å². The Labute approximate surface area is 182 Å². The number of benzene rings is 1.